The molecule has 0 aliphatic heterocycles. The number of carbonyl (C=O) groups excluding carboxylic acids is 1. The summed E-state index contributed by atoms with van der Waals surface area (Å²) >= 11 is 0. The fraction of sp³-hybridized carbons (Fsp3) is 0.154. The molecule has 0 N–H and O–H groups in total. The fourth-order valence-electron chi connectivity index (χ4n) is 1.11. The monoisotopic (exact) mass is 218 g/mol. The maximum Gasteiger partial charge on any atom is 0.330 e. The van der Waals surface area contributed by atoms with Gasteiger partial charge in [0.15, 0.2) is 0 Å². The summed E-state index contributed by atoms with van der Waals surface area (Å²) in [5.74, 6) is -0.359. The number of para-hydroxylation sites is 1. The van der Waals surface area contributed by atoms with Crippen molar-refractivity contribution in [3.8, 4) is 0 Å². The predicted octanol–water partition coefficient (Wildman–Crippen LogP) is 3.17. The number of benzene rings is 1. The molecular formula is C13H14O3. The minimum Gasteiger partial charge on any atom is -0.464 e. The Morgan fingerprint density at radius 3 is 2.75 bits per heavy atom. The van der Waals surface area contributed by atoms with Gasteiger partial charge in [-0.15, -0.1) is 0 Å². The van der Waals surface area contributed by atoms with E-state index < -0.39 is 0 Å². The van der Waals surface area contributed by atoms with E-state index in [0.717, 1.165) is 17.0 Å². The molecule has 0 spiro atoms. The first-order chi connectivity index (χ1) is 7.77. The van der Waals surface area contributed by atoms with Crippen molar-refractivity contribution in [1.82, 2.24) is 0 Å². The first-order valence-electron chi connectivity index (χ1n) is 4.99. The second-order valence-electron chi connectivity index (χ2n) is 2.91. The summed E-state index contributed by atoms with van der Waals surface area (Å²) in [6, 6.07) is 9.90. The molecule has 0 aliphatic carbocycles. The van der Waals surface area contributed by atoms with Gasteiger partial charge in [0.25, 0.3) is 0 Å². The van der Waals surface area contributed by atoms with E-state index in [0.29, 0.717) is 6.61 Å². The number of ether oxygens (including phenoxy) is 1. The highest BCUT2D eigenvalue weighted by molar-refractivity contribution is 5.81. The quantitative estimate of drug-likeness (QED) is 0.574. The van der Waals surface area contributed by atoms with E-state index in [1.165, 1.54) is 0 Å². The van der Waals surface area contributed by atoms with Crippen molar-refractivity contribution >= 4 is 16.9 Å². The molecule has 0 radical (unpaired) electrons. The van der Waals surface area contributed by atoms with E-state index in [-0.39, 0.29) is 5.97 Å². The zero-order valence-electron chi connectivity index (χ0n) is 9.18. The second kappa shape index (κ2) is 6.45. The average Bonchev–Trinajstić information content (AvgIpc) is 2.78. The van der Waals surface area contributed by atoms with E-state index in [9.17, 15) is 4.79 Å². The lowest BCUT2D eigenvalue weighted by Crippen LogP contribution is -1.97. The van der Waals surface area contributed by atoms with Gasteiger partial charge in [-0.1, -0.05) is 24.8 Å². The van der Waals surface area contributed by atoms with Crippen molar-refractivity contribution in [3.05, 3.63) is 49.2 Å². The second-order valence-corrected chi connectivity index (χ2v) is 2.91. The molecule has 0 unspecified atom stereocenters. The van der Waals surface area contributed by atoms with Crippen molar-refractivity contribution < 1.29 is 13.9 Å². The molecule has 0 amide bonds. The normalized spacial score (nSPS) is 9.06. The Morgan fingerprint density at radius 1 is 1.44 bits per heavy atom. The van der Waals surface area contributed by atoms with Crippen LogP contribution in [-0.4, -0.2) is 12.6 Å². The van der Waals surface area contributed by atoms with Gasteiger partial charge in [-0.05, 0) is 19.1 Å². The molecule has 2 rings (SSSR count). The molecule has 2 aromatic rings. The average molecular weight is 218 g/mol. The Balaban J connectivity index is 0.000000168. The van der Waals surface area contributed by atoms with Gasteiger partial charge < -0.3 is 9.15 Å². The Hall–Kier alpha value is -2.03. The Bertz CT molecular complexity index is 427. The van der Waals surface area contributed by atoms with Crippen LogP contribution >= 0.6 is 0 Å². The zero-order valence-corrected chi connectivity index (χ0v) is 9.18. The number of rotatable bonds is 2. The molecule has 1 aromatic heterocycles. The van der Waals surface area contributed by atoms with E-state index in [1.807, 2.05) is 30.3 Å². The molecule has 0 fully saturated rings. The number of fused-ring (bicyclic) bond motifs is 1. The van der Waals surface area contributed by atoms with Gasteiger partial charge in [0.1, 0.15) is 5.58 Å². The highest BCUT2D eigenvalue weighted by Gasteiger charge is 1.89. The SMILES string of the molecule is C=CC(=O)OCC.c1ccc2occc2c1. The summed E-state index contributed by atoms with van der Waals surface area (Å²) in [6.07, 6.45) is 2.84. The Morgan fingerprint density at radius 2 is 2.19 bits per heavy atom. The van der Waals surface area contributed by atoms with Gasteiger partial charge in [0.2, 0.25) is 0 Å². The highest BCUT2D eigenvalue weighted by atomic mass is 16.5. The van der Waals surface area contributed by atoms with Gasteiger partial charge >= 0.3 is 5.97 Å². The molecule has 3 nitrogen and oxygen atoms in total. The Labute approximate surface area is 94.3 Å². The molecule has 0 saturated carbocycles. The van der Waals surface area contributed by atoms with Crippen LogP contribution in [0.5, 0.6) is 0 Å². The van der Waals surface area contributed by atoms with Gasteiger partial charge in [-0.25, -0.2) is 4.79 Å². The molecule has 16 heavy (non-hydrogen) atoms. The van der Waals surface area contributed by atoms with Crippen LogP contribution in [0.15, 0.2) is 53.7 Å². The van der Waals surface area contributed by atoms with Crippen LogP contribution < -0.4 is 0 Å². The van der Waals surface area contributed by atoms with E-state index in [2.05, 4.69) is 11.3 Å². The number of furan rings is 1. The predicted molar refractivity (Wildman–Crippen MR) is 63.0 cm³/mol. The summed E-state index contributed by atoms with van der Waals surface area (Å²) in [5.41, 5.74) is 0.956. The summed E-state index contributed by atoms with van der Waals surface area (Å²) in [6.45, 7) is 5.38. The van der Waals surface area contributed by atoms with Crippen LogP contribution in [0.1, 0.15) is 6.92 Å². The first kappa shape index (κ1) is 12.0. The molecular weight excluding hydrogens is 204 g/mol. The minimum atomic E-state index is -0.359. The summed E-state index contributed by atoms with van der Waals surface area (Å²) in [7, 11) is 0. The minimum absolute atomic E-state index is 0.359. The summed E-state index contributed by atoms with van der Waals surface area (Å²) < 4.78 is 9.55. The maximum absolute atomic E-state index is 10.1. The van der Waals surface area contributed by atoms with Gasteiger partial charge in [-0.2, -0.15) is 0 Å². The van der Waals surface area contributed by atoms with Gasteiger partial charge in [-0.3, -0.25) is 0 Å². The van der Waals surface area contributed by atoms with Crippen LogP contribution in [0.3, 0.4) is 0 Å². The third-order valence-corrected chi connectivity index (χ3v) is 1.81. The highest BCUT2D eigenvalue weighted by Crippen LogP contribution is 2.12. The standard InChI is InChI=1S/C8H6O.C5H8O2/c1-2-4-8-7(3-1)5-6-9-8;1-3-5(6)7-4-2/h1-6H;3H,1,4H2,2H3. The van der Waals surface area contributed by atoms with E-state index in [1.54, 1.807) is 13.2 Å². The zero-order chi connectivity index (χ0) is 11.8. The van der Waals surface area contributed by atoms with Gasteiger partial charge in [0, 0.05) is 11.5 Å². The van der Waals surface area contributed by atoms with Crippen LogP contribution in [-0.2, 0) is 9.53 Å². The van der Waals surface area contributed by atoms with Crippen LogP contribution in [0.2, 0.25) is 0 Å². The number of hydrogen-bond donors (Lipinski definition) is 0. The van der Waals surface area contributed by atoms with Crippen molar-refractivity contribution in [2.75, 3.05) is 6.61 Å². The fourth-order valence-corrected chi connectivity index (χ4v) is 1.11. The van der Waals surface area contributed by atoms with Crippen LogP contribution in [0.25, 0.3) is 11.0 Å². The van der Waals surface area contributed by atoms with E-state index >= 15 is 0 Å². The lowest BCUT2D eigenvalue weighted by molar-refractivity contribution is -0.137. The molecule has 84 valence electrons. The lowest BCUT2D eigenvalue weighted by atomic mass is 10.3. The molecule has 0 saturated heterocycles. The molecule has 0 bridgehead atoms. The van der Waals surface area contributed by atoms with Crippen molar-refractivity contribution in [3.63, 3.8) is 0 Å². The third kappa shape index (κ3) is 3.61. The molecule has 1 aromatic carbocycles. The molecule has 1 heterocycles. The summed E-state index contributed by atoms with van der Waals surface area (Å²) in [4.78, 5) is 10.1. The largest absolute Gasteiger partial charge is 0.464 e. The molecule has 0 aliphatic rings. The maximum atomic E-state index is 10.1. The Kier molecular flexibility index (Phi) is 4.86. The lowest BCUT2D eigenvalue weighted by Gasteiger charge is -1.90. The molecule has 0 atom stereocenters. The third-order valence-electron chi connectivity index (χ3n) is 1.81. The smallest absolute Gasteiger partial charge is 0.330 e. The summed E-state index contributed by atoms with van der Waals surface area (Å²) in [5, 5.41) is 1.16. The van der Waals surface area contributed by atoms with Crippen LogP contribution in [0, 0.1) is 0 Å². The number of carbonyl (C=O) groups is 1. The van der Waals surface area contributed by atoms with Crippen LogP contribution in [0.4, 0.5) is 0 Å². The van der Waals surface area contributed by atoms with E-state index in [4.69, 9.17) is 4.42 Å². The first-order valence-corrected chi connectivity index (χ1v) is 4.99. The number of hydrogen-bond acceptors (Lipinski definition) is 3. The van der Waals surface area contributed by atoms with Gasteiger partial charge in [0.05, 0.1) is 12.9 Å². The van der Waals surface area contributed by atoms with Crippen molar-refractivity contribution in [2.45, 2.75) is 6.92 Å². The molecule has 3 heteroatoms. The van der Waals surface area contributed by atoms with Crippen molar-refractivity contribution in [2.24, 2.45) is 0 Å². The number of esters is 1. The van der Waals surface area contributed by atoms with Crippen molar-refractivity contribution in [1.29, 1.82) is 0 Å². The topological polar surface area (TPSA) is 39.4 Å².